The minimum absolute atomic E-state index is 0.134. The van der Waals surface area contributed by atoms with Gasteiger partial charge in [-0.15, -0.1) is 11.3 Å². The fourth-order valence-electron chi connectivity index (χ4n) is 2.91. The van der Waals surface area contributed by atoms with Crippen molar-refractivity contribution in [2.75, 3.05) is 11.9 Å². The van der Waals surface area contributed by atoms with Crippen LogP contribution in [0.4, 0.5) is 5.69 Å². The molecule has 1 aliphatic carbocycles. The van der Waals surface area contributed by atoms with Gasteiger partial charge in [-0.1, -0.05) is 19.1 Å². The van der Waals surface area contributed by atoms with E-state index in [0.717, 1.165) is 24.1 Å². The number of hydrogen-bond donors (Lipinski definition) is 2. The Bertz CT molecular complexity index is 728. The van der Waals surface area contributed by atoms with Crippen molar-refractivity contribution in [3.8, 4) is 0 Å². The summed E-state index contributed by atoms with van der Waals surface area (Å²) in [5, 5.41) is 5.76. The van der Waals surface area contributed by atoms with Gasteiger partial charge in [0.1, 0.15) is 0 Å². The maximum atomic E-state index is 12.6. The number of nitrogens with one attached hydrogen (secondary N) is 2. The Morgan fingerprint density at radius 2 is 1.92 bits per heavy atom. The minimum Gasteiger partial charge on any atom is -0.352 e. The van der Waals surface area contributed by atoms with Crippen molar-refractivity contribution in [3.05, 3.63) is 51.2 Å². The lowest BCUT2D eigenvalue weighted by Crippen LogP contribution is -2.25. The second kappa shape index (κ2) is 7.62. The monoisotopic (exact) mass is 342 g/mol. The van der Waals surface area contributed by atoms with Crippen LogP contribution in [-0.2, 0) is 12.8 Å². The molecular formula is C19H22N2O2S. The first-order valence-electron chi connectivity index (χ1n) is 8.49. The molecule has 3 rings (SSSR count). The third-order valence-electron chi connectivity index (χ3n) is 4.18. The SMILES string of the molecule is CCCNC(=O)c1ccccc1NC(=O)c1cc2c(s1)CCCC2. The van der Waals surface area contributed by atoms with Crippen molar-refractivity contribution in [2.45, 2.75) is 39.0 Å². The molecule has 0 unspecified atom stereocenters. The normalized spacial score (nSPS) is 13.2. The molecule has 1 heterocycles. The molecule has 0 saturated carbocycles. The van der Waals surface area contributed by atoms with E-state index in [-0.39, 0.29) is 11.8 Å². The van der Waals surface area contributed by atoms with E-state index in [1.54, 1.807) is 29.5 Å². The summed E-state index contributed by atoms with van der Waals surface area (Å²) in [6.45, 7) is 2.63. The van der Waals surface area contributed by atoms with Crippen LogP contribution in [0.25, 0.3) is 0 Å². The van der Waals surface area contributed by atoms with Gasteiger partial charge in [0.2, 0.25) is 0 Å². The molecule has 5 heteroatoms. The highest BCUT2D eigenvalue weighted by atomic mass is 32.1. The molecule has 0 radical (unpaired) electrons. The van der Waals surface area contributed by atoms with Gasteiger partial charge in [-0.2, -0.15) is 0 Å². The Morgan fingerprint density at radius 1 is 1.12 bits per heavy atom. The summed E-state index contributed by atoms with van der Waals surface area (Å²) in [5.74, 6) is -0.289. The van der Waals surface area contributed by atoms with Crippen LogP contribution < -0.4 is 10.6 Å². The Labute approximate surface area is 146 Å². The predicted molar refractivity (Wildman–Crippen MR) is 98.0 cm³/mol. The lowest BCUT2D eigenvalue weighted by Gasteiger charge is -2.10. The second-order valence-corrected chi connectivity index (χ2v) is 7.16. The van der Waals surface area contributed by atoms with Gasteiger partial charge >= 0.3 is 0 Å². The van der Waals surface area contributed by atoms with Crippen molar-refractivity contribution in [1.82, 2.24) is 5.32 Å². The van der Waals surface area contributed by atoms with Crippen molar-refractivity contribution in [3.63, 3.8) is 0 Å². The number of rotatable bonds is 5. The number of aryl methyl sites for hydroxylation is 2. The van der Waals surface area contributed by atoms with E-state index in [1.807, 2.05) is 19.1 Å². The van der Waals surface area contributed by atoms with Crippen LogP contribution in [0.2, 0.25) is 0 Å². The van der Waals surface area contributed by atoms with Crippen LogP contribution in [0.15, 0.2) is 30.3 Å². The fraction of sp³-hybridized carbons (Fsp3) is 0.368. The van der Waals surface area contributed by atoms with Gasteiger partial charge in [0, 0.05) is 11.4 Å². The van der Waals surface area contributed by atoms with Gasteiger partial charge < -0.3 is 10.6 Å². The lowest BCUT2D eigenvalue weighted by molar-refractivity contribution is 0.0954. The highest BCUT2D eigenvalue weighted by molar-refractivity contribution is 7.14. The van der Waals surface area contributed by atoms with E-state index in [1.165, 1.54) is 23.3 Å². The third-order valence-corrected chi connectivity index (χ3v) is 5.41. The Kier molecular flexibility index (Phi) is 5.30. The molecule has 0 saturated heterocycles. The number of benzene rings is 1. The Balaban J connectivity index is 1.77. The number of para-hydroxylation sites is 1. The molecule has 0 fully saturated rings. The first-order valence-corrected chi connectivity index (χ1v) is 9.31. The van der Waals surface area contributed by atoms with Crippen LogP contribution in [0, 0.1) is 0 Å². The van der Waals surface area contributed by atoms with E-state index >= 15 is 0 Å². The van der Waals surface area contributed by atoms with Crippen molar-refractivity contribution in [1.29, 1.82) is 0 Å². The second-order valence-electron chi connectivity index (χ2n) is 6.02. The number of anilines is 1. The summed E-state index contributed by atoms with van der Waals surface area (Å²) in [4.78, 5) is 26.9. The molecule has 0 bridgehead atoms. The summed E-state index contributed by atoms with van der Waals surface area (Å²) in [6.07, 6.45) is 5.42. The molecule has 1 aromatic heterocycles. The highest BCUT2D eigenvalue weighted by Gasteiger charge is 2.19. The van der Waals surface area contributed by atoms with E-state index in [2.05, 4.69) is 10.6 Å². The first kappa shape index (κ1) is 16.7. The summed E-state index contributed by atoms with van der Waals surface area (Å²) in [7, 11) is 0. The zero-order valence-electron chi connectivity index (χ0n) is 13.9. The molecule has 126 valence electrons. The van der Waals surface area contributed by atoms with E-state index in [4.69, 9.17) is 0 Å². The zero-order chi connectivity index (χ0) is 16.9. The first-order chi connectivity index (χ1) is 11.7. The maximum absolute atomic E-state index is 12.6. The smallest absolute Gasteiger partial charge is 0.265 e. The van der Waals surface area contributed by atoms with E-state index in [0.29, 0.717) is 17.8 Å². The van der Waals surface area contributed by atoms with Gasteiger partial charge in [-0.3, -0.25) is 9.59 Å². The van der Waals surface area contributed by atoms with Crippen molar-refractivity contribution in [2.24, 2.45) is 0 Å². The summed E-state index contributed by atoms with van der Waals surface area (Å²) in [6, 6.07) is 9.15. The molecule has 2 amide bonds. The van der Waals surface area contributed by atoms with Gasteiger partial charge in [-0.05, 0) is 55.9 Å². The average molecular weight is 342 g/mol. The summed E-state index contributed by atoms with van der Waals surface area (Å²) in [5.41, 5.74) is 2.37. The molecule has 0 aliphatic heterocycles. The molecule has 2 N–H and O–H groups in total. The number of thiophene rings is 1. The van der Waals surface area contributed by atoms with Crippen LogP contribution >= 0.6 is 11.3 Å². The topological polar surface area (TPSA) is 58.2 Å². The number of carbonyl (C=O) groups excluding carboxylic acids is 2. The maximum Gasteiger partial charge on any atom is 0.265 e. The zero-order valence-corrected chi connectivity index (χ0v) is 14.7. The molecule has 1 aliphatic rings. The quantitative estimate of drug-likeness (QED) is 0.862. The van der Waals surface area contributed by atoms with Gasteiger partial charge in [0.05, 0.1) is 16.1 Å². The Morgan fingerprint density at radius 3 is 2.71 bits per heavy atom. The molecular weight excluding hydrogens is 320 g/mol. The van der Waals surface area contributed by atoms with Crippen LogP contribution in [0.5, 0.6) is 0 Å². The number of amides is 2. The third kappa shape index (κ3) is 3.67. The fourth-order valence-corrected chi connectivity index (χ4v) is 4.06. The van der Waals surface area contributed by atoms with Crippen LogP contribution in [-0.4, -0.2) is 18.4 Å². The molecule has 0 spiro atoms. The Hall–Kier alpha value is -2.14. The lowest BCUT2D eigenvalue weighted by atomic mass is 9.99. The molecule has 1 aromatic carbocycles. The summed E-state index contributed by atoms with van der Waals surface area (Å²) >= 11 is 1.58. The average Bonchev–Trinajstić information content (AvgIpc) is 3.04. The molecule has 0 atom stereocenters. The number of fused-ring (bicyclic) bond motifs is 1. The van der Waals surface area contributed by atoms with Gasteiger partial charge in [0.25, 0.3) is 11.8 Å². The van der Waals surface area contributed by atoms with Crippen LogP contribution in [0.1, 0.15) is 56.7 Å². The van der Waals surface area contributed by atoms with Crippen LogP contribution in [0.3, 0.4) is 0 Å². The number of carbonyl (C=O) groups is 2. The largest absolute Gasteiger partial charge is 0.352 e. The molecule has 24 heavy (non-hydrogen) atoms. The minimum atomic E-state index is -0.154. The highest BCUT2D eigenvalue weighted by Crippen LogP contribution is 2.30. The van der Waals surface area contributed by atoms with Gasteiger partial charge in [0.15, 0.2) is 0 Å². The van der Waals surface area contributed by atoms with E-state index in [9.17, 15) is 9.59 Å². The van der Waals surface area contributed by atoms with Gasteiger partial charge in [-0.25, -0.2) is 0 Å². The standard InChI is InChI=1S/C19H22N2O2S/c1-2-11-20-18(22)14-8-4-5-9-15(14)21-19(23)17-12-13-7-3-6-10-16(13)24-17/h4-5,8-9,12H,2-3,6-7,10-11H2,1H3,(H,20,22)(H,21,23). The predicted octanol–water partition coefficient (Wildman–Crippen LogP) is 4.02. The molecule has 2 aromatic rings. The van der Waals surface area contributed by atoms with Crippen molar-refractivity contribution >= 4 is 28.8 Å². The summed E-state index contributed by atoms with van der Waals surface area (Å²) < 4.78 is 0. The van der Waals surface area contributed by atoms with E-state index < -0.39 is 0 Å². The number of hydrogen-bond acceptors (Lipinski definition) is 3. The molecule has 4 nitrogen and oxygen atoms in total. The van der Waals surface area contributed by atoms with Crippen molar-refractivity contribution < 1.29 is 9.59 Å².